The van der Waals surface area contributed by atoms with Crippen LogP contribution in [0.5, 0.6) is 0 Å². The van der Waals surface area contributed by atoms with Crippen LogP contribution in [0.25, 0.3) is 11.5 Å². The molecule has 1 aliphatic heterocycles. The summed E-state index contributed by atoms with van der Waals surface area (Å²) < 4.78 is 7.26. The summed E-state index contributed by atoms with van der Waals surface area (Å²) in [5.74, 6) is 1.16. The van der Waals surface area contributed by atoms with Crippen molar-refractivity contribution >= 4 is 0 Å². The lowest BCUT2D eigenvalue weighted by molar-refractivity contribution is 0.192. The van der Waals surface area contributed by atoms with Gasteiger partial charge in [0.15, 0.2) is 0 Å². The van der Waals surface area contributed by atoms with E-state index in [1.165, 1.54) is 6.42 Å². The molecule has 1 fully saturated rings. The molecule has 4 heterocycles. The monoisotopic (exact) mass is 311 g/mol. The topological polar surface area (TPSA) is 85.8 Å². The zero-order valence-electron chi connectivity index (χ0n) is 12.6. The van der Waals surface area contributed by atoms with Gasteiger partial charge in [0.25, 0.3) is 0 Å². The van der Waals surface area contributed by atoms with Crippen LogP contribution in [0, 0.1) is 0 Å². The number of nitrogens with zero attached hydrogens (tertiary/aromatic N) is 7. The summed E-state index contributed by atoms with van der Waals surface area (Å²) in [6.07, 6.45) is 7.35. The largest absolute Gasteiger partial charge is 0.337 e. The first-order chi connectivity index (χ1) is 11.4. The van der Waals surface area contributed by atoms with Crippen molar-refractivity contribution in [2.24, 2.45) is 0 Å². The van der Waals surface area contributed by atoms with Crippen LogP contribution >= 0.6 is 0 Å². The van der Waals surface area contributed by atoms with Gasteiger partial charge in [-0.3, -0.25) is 14.6 Å². The van der Waals surface area contributed by atoms with Gasteiger partial charge in [0.05, 0.1) is 13.1 Å². The van der Waals surface area contributed by atoms with Crippen molar-refractivity contribution in [1.82, 2.24) is 34.8 Å². The van der Waals surface area contributed by atoms with Gasteiger partial charge in [-0.15, -0.1) is 0 Å². The van der Waals surface area contributed by atoms with Gasteiger partial charge in [-0.2, -0.15) is 10.1 Å². The highest BCUT2D eigenvalue weighted by Crippen LogP contribution is 2.21. The lowest BCUT2D eigenvalue weighted by Gasteiger charge is -2.22. The fourth-order valence-electron chi connectivity index (χ4n) is 2.94. The molecule has 0 spiro atoms. The second kappa shape index (κ2) is 6.25. The lowest BCUT2D eigenvalue weighted by Crippen LogP contribution is -2.32. The zero-order chi connectivity index (χ0) is 15.5. The lowest BCUT2D eigenvalue weighted by atomic mass is 10.2. The van der Waals surface area contributed by atoms with Crippen LogP contribution in [0.3, 0.4) is 0 Å². The molecule has 8 nitrogen and oxygen atoms in total. The quantitative estimate of drug-likeness (QED) is 0.703. The summed E-state index contributed by atoms with van der Waals surface area (Å²) >= 11 is 0. The van der Waals surface area contributed by atoms with E-state index in [1.807, 2.05) is 22.9 Å². The van der Waals surface area contributed by atoms with Crippen molar-refractivity contribution in [3.05, 3.63) is 42.9 Å². The molecule has 0 saturated carbocycles. The Labute approximate surface area is 133 Å². The van der Waals surface area contributed by atoms with Gasteiger partial charge in [0.1, 0.15) is 18.3 Å². The molecule has 3 aromatic rings. The van der Waals surface area contributed by atoms with Crippen molar-refractivity contribution in [2.45, 2.75) is 32.0 Å². The van der Waals surface area contributed by atoms with Gasteiger partial charge < -0.3 is 4.52 Å². The van der Waals surface area contributed by atoms with Crippen molar-refractivity contribution in [1.29, 1.82) is 0 Å². The standard InChI is InChI=1S/C15H17N7O/c1-2-6-17-13(5-1)15-19-14(23-20-15)9-21-7-3-4-12(21)8-22-11-16-10-18-22/h1-2,5-6,10-12H,3-4,7-9H2. The molecule has 0 aliphatic carbocycles. The fourth-order valence-corrected chi connectivity index (χ4v) is 2.94. The molecule has 1 aliphatic rings. The van der Waals surface area contributed by atoms with E-state index in [4.69, 9.17) is 4.52 Å². The third-order valence-electron chi connectivity index (χ3n) is 4.06. The normalized spacial score (nSPS) is 18.5. The Morgan fingerprint density at radius 2 is 2.30 bits per heavy atom. The Balaban J connectivity index is 1.44. The van der Waals surface area contributed by atoms with Crippen LogP contribution in [0.1, 0.15) is 18.7 Å². The first kappa shape index (κ1) is 14.0. The minimum Gasteiger partial charge on any atom is -0.337 e. The molecule has 4 rings (SSSR count). The van der Waals surface area contributed by atoms with Gasteiger partial charge in [0.2, 0.25) is 11.7 Å². The molecule has 8 heteroatoms. The summed E-state index contributed by atoms with van der Waals surface area (Å²) in [6.45, 7) is 2.51. The SMILES string of the molecule is c1ccc(-c2noc(CN3CCCC3Cn3cncn3)n2)nc1. The van der Waals surface area contributed by atoms with E-state index >= 15 is 0 Å². The molecule has 3 aromatic heterocycles. The predicted octanol–water partition coefficient (Wildman–Crippen LogP) is 1.39. The molecule has 1 atom stereocenters. The summed E-state index contributed by atoms with van der Waals surface area (Å²) in [5, 5.41) is 8.21. The maximum Gasteiger partial charge on any atom is 0.241 e. The number of aromatic nitrogens is 6. The molecular formula is C15H17N7O. The minimum absolute atomic E-state index is 0.418. The number of hydrogen-bond donors (Lipinski definition) is 0. The highest BCUT2D eigenvalue weighted by atomic mass is 16.5. The smallest absolute Gasteiger partial charge is 0.241 e. The fraction of sp³-hybridized carbons (Fsp3) is 0.400. The maximum atomic E-state index is 5.39. The summed E-state index contributed by atoms with van der Waals surface area (Å²) in [4.78, 5) is 15.1. The van der Waals surface area contributed by atoms with Crippen molar-refractivity contribution in [3.8, 4) is 11.5 Å². The van der Waals surface area contributed by atoms with Crippen LogP contribution in [0.4, 0.5) is 0 Å². The molecule has 0 radical (unpaired) electrons. The third-order valence-corrected chi connectivity index (χ3v) is 4.06. The molecule has 23 heavy (non-hydrogen) atoms. The van der Waals surface area contributed by atoms with E-state index in [-0.39, 0.29) is 0 Å². The van der Waals surface area contributed by atoms with E-state index in [1.54, 1.807) is 18.9 Å². The van der Waals surface area contributed by atoms with Gasteiger partial charge >= 0.3 is 0 Å². The van der Waals surface area contributed by atoms with E-state index < -0.39 is 0 Å². The second-order valence-electron chi connectivity index (χ2n) is 5.61. The van der Waals surface area contributed by atoms with Gasteiger partial charge in [0, 0.05) is 12.2 Å². The number of rotatable bonds is 5. The Morgan fingerprint density at radius 3 is 3.13 bits per heavy atom. The van der Waals surface area contributed by atoms with Crippen LogP contribution in [0.2, 0.25) is 0 Å². The maximum absolute atomic E-state index is 5.39. The van der Waals surface area contributed by atoms with Crippen LogP contribution in [-0.2, 0) is 13.1 Å². The van der Waals surface area contributed by atoms with Crippen molar-refractivity contribution in [3.63, 3.8) is 0 Å². The second-order valence-corrected chi connectivity index (χ2v) is 5.61. The highest BCUT2D eigenvalue weighted by Gasteiger charge is 2.27. The molecule has 118 valence electrons. The zero-order valence-corrected chi connectivity index (χ0v) is 12.6. The molecule has 0 amide bonds. The van der Waals surface area contributed by atoms with Gasteiger partial charge in [-0.25, -0.2) is 4.98 Å². The Hall–Kier alpha value is -2.61. The average molecular weight is 311 g/mol. The average Bonchev–Trinajstić information content (AvgIpc) is 3.33. The van der Waals surface area contributed by atoms with E-state index in [9.17, 15) is 0 Å². The first-order valence-electron chi connectivity index (χ1n) is 7.69. The number of hydrogen-bond acceptors (Lipinski definition) is 7. The molecule has 1 saturated heterocycles. The van der Waals surface area contributed by atoms with Crippen LogP contribution in [-0.4, -0.2) is 47.4 Å². The Kier molecular flexibility index (Phi) is 3.81. The van der Waals surface area contributed by atoms with Crippen molar-refractivity contribution < 1.29 is 4.52 Å². The molecule has 1 unspecified atom stereocenters. The summed E-state index contributed by atoms with van der Waals surface area (Å²) in [7, 11) is 0. The summed E-state index contributed by atoms with van der Waals surface area (Å²) in [6, 6.07) is 6.07. The molecule has 0 aromatic carbocycles. The minimum atomic E-state index is 0.418. The first-order valence-corrected chi connectivity index (χ1v) is 7.69. The molecule has 0 N–H and O–H groups in total. The van der Waals surface area contributed by atoms with E-state index in [0.717, 1.165) is 25.2 Å². The van der Waals surface area contributed by atoms with Crippen LogP contribution < -0.4 is 0 Å². The van der Waals surface area contributed by atoms with Gasteiger partial charge in [-0.1, -0.05) is 11.2 Å². The Bertz CT molecular complexity index is 740. The molecular weight excluding hydrogens is 294 g/mol. The van der Waals surface area contributed by atoms with Crippen LogP contribution in [0.15, 0.2) is 41.6 Å². The molecule has 0 bridgehead atoms. The highest BCUT2D eigenvalue weighted by molar-refractivity contribution is 5.46. The number of likely N-dealkylation sites (tertiary alicyclic amines) is 1. The third kappa shape index (κ3) is 3.11. The predicted molar refractivity (Wildman–Crippen MR) is 81.0 cm³/mol. The van der Waals surface area contributed by atoms with Crippen molar-refractivity contribution in [2.75, 3.05) is 6.54 Å². The van der Waals surface area contributed by atoms with E-state index in [0.29, 0.717) is 24.3 Å². The Morgan fingerprint density at radius 1 is 1.30 bits per heavy atom. The van der Waals surface area contributed by atoms with E-state index in [2.05, 4.69) is 30.1 Å². The van der Waals surface area contributed by atoms with Gasteiger partial charge in [-0.05, 0) is 31.5 Å². The summed E-state index contributed by atoms with van der Waals surface area (Å²) in [5.41, 5.74) is 0.725. The number of pyridine rings is 1.